The van der Waals surface area contributed by atoms with E-state index in [2.05, 4.69) is 15.4 Å². The highest BCUT2D eigenvalue weighted by atomic mass is 35.5. The van der Waals surface area contributed by atoms with E-state index < -0.39 is 29.6 Å². The number of hydrogen-bond acceptors (Lipinski definition) is 7. The Hall–Kier alpha value is -4.64. The summed E-state index contributed by atoms with van der Waals surface area (Å²) in [5.74, 6) is -1.91. The highest BCUT2D eigenvalue weighted by molar-refractivity contribution is 6.32. The molecule has 1 aromatic heterocycles. The van der Waals surface area contributed by atoms with Crippen LogP contribution in [0.4, 0.5) is 14.9 Å². The summed E-state index contributed by atoms with van der Waals surface area (Å²) in [6.07, 6.45) is 1.43. The predicted molar refractivity (Wildman–Crippen MR) is 129 cm³/mol. The lowest BCUT2D eigenvalue weighted by molar-refractivity contribution is -0.123. The molecule has 4 amide bonds. The third-order valence-corrected chi connectivity index (χ3v) is 5.35. The third kappa shape index (κ3) is 6.14. The van der Waals surface area contributed by atoms with Gasteiger partial charge in [-0.2, -0.15) is 0 Å². The van der Waals surface area contributed by atoms with E-state index >= 15 is 0 Å². The number of urea groups is 1. The minimum Gasteiger partial charge on any atom is -0.482 e. The largest absolute Gasteiger partial charge is 0.482 e. The van der Waals surface area contributed by atoms with Crippen LogP contribution in [0.25, 0.3) is 6.08 Å². The third-order valence-electron chi connectivity index (χ3n) is 5.06. The Kier molecular flexibility index (Phi) is 7.54. The van der Waals surface area contributed by atoms with E-state index in [4.69, 9.17) is 20.8 Å². The number of rotatable bonds is 8. The van der Waals surface area contributed by atoms with Crippen molar-refractivity contribution in [2.45, 2.75) is 6.54 Å². The number of imide groups is 1. The Bertz CT molecular complexity index is 1420. The van der Waals surface area contributed by atoms with Gasteiger partial charge in [-0.15, -0.1) is 0 Å². The summed E-state index contributed by atoms with van der Waals surface area (Å²) in [4.78, 5) is 49.6. The zero-order chi connectivity index (χ0) is 26.5. The summed E-state index contributed by atoms with van der Waals surface area (Å²) in [6, 6.07) is 12.2. The van der Waals surface area contributed by atoms with Crippen LogP contribution in [0.15, 0.2) is 64.7 Å². The molecule has 0 atom stereocenters. The molecule has 2 aromatic carbocycles. The number of furan rings is 1. The SMILES string of the molecule is COC(=O)c1ccc(CN2C(=O)N/C(=C\c3ccc(OCC(=O)Nc4cccc(F)c4)c(Cl)c3)C2=O)o1. The number of carbonyl (C=O) groups excluding carboxylic acids is 4. The normalized spacial score (nSPS) is 14.0. The van der Waals surface area contributed by atoms with Crippen molar-refractivity contribution in [2.24, 2.45) is 0 Å². The van der Waals surface area contributed by atoms with Crippen molar-refractivity contribution in [3.63, 3.8) is 0 Å². The average molecular weight is 528 g/mol. The van der Waals surface area contributed by atoms with Gasteiger partial charge < -0.3 is 24.5 Å². The first-order chi connectivity index (χ1) is 17.7. The number of halogens is 2. The molecule has 1 aliphatic rings. The maximum Gasteiger partial charge on any atom is 0.373 e. The second-order valence-electron chi connectivity index (χ2n) is 7.67. The number of anilines is 1. The molecule has 2 N–H and O–H groups in total. The minimum atomic E-state index is -0.680. The second-order valence-corrected chi connectivity index (χ2v) is 8.08. The van der Waals surface area contributed by atoms with Gasteiger partial charge in [0.2, 0.25) is 5.76 Å². The quantitative estimate of drug-likeness (QED) is 0.258. The van der Waals surface area contributed by atoms with Crippen molar-refractivity contribution in [2.75, 3.05) is 19.0 Å². The molecule has 1 fully saturated rings. The van der Waals surface area contributed by atoms with Gasteiger partial charge >= 0.3 is 12.0 Å². The Labute approximate surface area is 214 Å². The number of nitrogens with one attached hydrogen (secondary N) is 2. The van der Waals surface area contributed by atoms with Gasteiger partial charge in [-0.3, -0.25) is 14.5 Å². The number of methoxy groups -OCH3 is 1. The average Bonchev–Trinajstić information content (AvgIpc) is 3.43. The molecule has 12 heteroatoms. The Balaban J connectivity index is 1.37. The molecule has 190 valence electrons. The molecular weight excluding hydrogens is 509 g/mol. The molecule has 0 aliphatic carbocycles. The van der Waals surface area contributed by atoms with Gasteiger partial charge in [0, 0.05) is 5.69 Å². The zero-order valence-corrected chi connectivity index (χ0v) is 20.0. The van der Waals surface area contributed by atoms with Gasteiger partial charge in [0.05, 0.1) is 18.7 Å². The molecule has 4 rings (SSSR count). The Morgan fingerprint density at radius 3 is 2.70 bits per heavy atom. The van der Waals surface area contributed by atoms with Gasteiger partial charge in [0.1, 0.15) is 23.0 Å². The van der Waals surface area contributed by atoms with Crippen LogP contribution in [0, 0.1) is 5.82 Å². The summed E-state index contributed by atoms with van der Waals surface area (Å²) in [5, 5.41) is 5.14. The molecule has 0 saturated carbocycles. The fourth-order valence-electron chi connectivity index (χ4n) is 3.34. The fourth-order valence-corrected chi connectivity index (χ4v) is 3.58. The lowest BCUT2D eigenvalue weighted by atomic mass is 10.2. The van der Waals surface area contributed by atoms with Crippen LogP contribution in [0.1, 0.15) is 21.9 Å². The maximum atomic E-state index is 13.2. The number of hydrogen-bond donors (Lipinski definition) is 2. The monoisotopic (exact) mass is 527 g/mol. The van der Waals surface area contributed by atoms with Crippen molar-refractivity contribution < 1.29 is 37.5 Å². The number of amides is 4. The van der Waals surface area contributed by atoms with Crippen molar-refractivity contribution in [3.8, 4) is 5.75 Å². The van der Waals surface area contributed by atoms with Crippen molar-refractivity contribution in [1.82, 2.24) is 10.2 Å². The van der Waals surface area contributed by atoms with E-state index in [0.717, 1.165) is 4.90 Å². The van der Waals surface area contributed by atoms with Crippen LogP contribution in [-0.4, -0.2) is 42.4 Å². The molecule has 37 heavy (non-hydrogen) atoms. The highest BCUT2D eigenvalue weighted by Crippen LogP contribution is 2.27. The van der Waals surface area contributed by atoms with Crippen LogP contribution >= 0.6 is 11.6 Å². The first-order valence-corrected chi connectivity index (χ1v) is 11.1. The van der Waals surface area contributed by atoms with E-state index in [0.29, 0.717) is 5.56 Å². The van der Waals surface area contributed by atoms with Crippen molar-refractivity contribution in [1.29, 1.82) is 0 Å². The van der Waals surface area contributed by atoms with E-state index in [1.807, 2.05) is 0 Å². The van der Waals surface area contributed by atoms with Crippen LogP contribution in [0.3, 0.4) is 0 Å². The summed E-state index contributed by atoms with van der Waals surface area (Å²) < 4.78 is 28.5. The molecule has 1 aliphatic heterocycles. The van der Waals surface area contributed by atoms with E-state index in [9.17, 15) is 23.6 Å². The number of nitrogens with zero attached hydrogens (tertiary/aromatic N) is 1. The molecule has 1 saturated heterocycles. The summed E-state index contributed by atoms with van der Waals surface area (Å²) in [5.41, 5.74) is 0.775. The molecule has 0 radical (unpaired) electrons. The molecule has 2 heterocycles. The van der Waals surface area contributed by atoms with Crippen molar-refractivity contribution in [3.05, 3.63) is 88.2 Å². The zero-order valence-electron chi connectivity index (χ0n) is 19.2. The molecule has 10 nitrogen and oxygen atoms in total. The predicted octanol–water partition coefficient (Wildman–Crippen LogP) is 3.97. The van der Waals surface area contributed by atoms with Gasteiger partial charge in [-0.25, -0.2) is 14.0 Å². The fraction of sp³-hybridized carbons (Fsp3) is 0.120. The highest BCUT2D eigenvalue weighted by Gasteiger charge is 2.34. The first-order valence-electron chi connectivity index (χ1n) is 10.7. The Morgan fingerprint density at radius 1 is 1.16 bits per heavy atom. The number of ether oxygens (including phenoxy) is 2. The second kappa shape index (κ2) is 11.0. The number of esters is 1. The lowest BCUT2D eigenvalue weighted by Crippen LogP contribution is -2.30. The lowest BCUT2D eigenvalue weighted by Gasteiger charge is -2.10. The molecule has 3 aromatic rings. The Morgan fingerprint density at radius 2 is 1.97 bits per heavy atom. The van der Waals surface area contributed by atoms with E-state index in [1.165, 1.54) is 61.7 Å². The van der Waals surface area contributed by atoms with Gasteiger partial charge in [0.15, 0.2) is 6.61 Å². The summed E-state index contributed by atoms with van der Waals surface area (Å²) >= 11 is 6.25. The van der Waals surface area contributed by atoms with Crippen LogP contribution in [0.5, 0.6) is 5.75 Å². The van der Waals surface area contributed by atoms with E-state index in [1.54, 1.807) is 6.07 Å². The standard InChI is InChI=1S/C25H19ClFN3O7/c1-35-24(33)21-8-6-17(37-21)12-30-23(32)19(29-25(30)34)10-14-5-7-20(18(26)9-14)36-13-22(31)28-16-4-2-3-15(27)11-16/h2-11H,12-13H2,1H3,(H,28,31)(H,29,34)/b19-10-. The van der Waals surface area contributed by atoms with Gasteiger partial charge in [0.25, 0.3) is 11.8 Å². The van der Waals surface area contributed by atoms with Crippen LogP contribution in [0.2, 0.25) is 5.02 Å². The van der Waals surface area contributed by atoms with Crippen LogP contribution < -0.4 is 15.4 Å². The minimum absolute atomic E-state index is 0.00366. The van der Waals surface area contributed by atoms with Crippen LogP contribution in [-0.2, 0) is 20.9 Å². The number of benzene rings is 2. The molecule has 0 unspecified atom stereocenters. The molecular formula is C25H19ClFN3O7. The van der Waals surface area contributed by atoms with E-state index in [-0.39, 0.29) is 46.8 Å². The topological polar surface area (TPSA) is 127 Å². The first kappa shape index (κ1) is 25.5. The van der Waals surface area contributed by atoms with Gasteiger partial charge in [-0.1, -0.05) is 23.7 Å². The number of carbonyl (C=O) groups is 4. The van der Waals surface area contributed by atoms with Crippen molar-refractivity contribution >= 4 is 47.2 Å². The molecule has 0 bridgehead atoms. The van der Waals surface area contributed by atoms with Gasteiger partial charge in [-0.05, 0) is 54.1 Å². The smallest absolute Gasteiger partial charge is 0.373 e. The maximum absolute atomic E-state index is 13.2. The summed E-state index contributed by atoms with van der Waals surface area (Å²) in [7, 11) is 1.20. The molecule has 0 spiro atoms. The summed E-state index contributed by atoms with van der Waals surface area (Å²) in [6.45, 7) is -0.561.